The molecule has 1 aromatic carbocycles. The van der Waals surface area contributed by atoms with Gasteiger partial charge >= 0.3 is 0 Å². The molecule has 7 heteroatoms. The van der Waals surface area contributed by atoms with Gasteiger partial charge in [-0.3, -0.25) is 9.78 Å². The van der Waals surface area contributed by atoms with Gasteiger partial charge in [0.2, 0.25) is 5.91 Å². The van der Waals surface area contributed by atoms with Gasteiger partial charge in [-0.15, -0.1) is 0 Å². The SMILES string of the molecule is N#Cc1ccc2ncc3[nH]c(C4CC(=O)N([C@H]5CCOC5)C4)nc3c2c1. The number of amides is 1. The number of likely N-dealkylation sites (tertiary alicyclic amines) is 1. The van der Waals surface area contributed by atoms with Crippen LogP contribution in [0.1, 0.15) is 30.1 Å². The number of ether oxygens (including phenoxy) is 1. The number of pyridine rings is 1. The Kier molecular flexibility index (Phi) is 3.40. The van der Waals surface area contributed by atoms with Crippen molar-refractivity contribution in [2.45, 2.75) is 24.8 Å². The van der Waals surface area contributed by atoms with Crippen LogP contribution in [0.2, 0.25) is 0 Å². The molecular weight excluding hydrogens is 330 g/mol. The predicted octanol–water partition coefficient (Wildman–Crippen LogP) is 2.09. The van der Waals surface area contributed by atoms with Gasteiger partial charge in [0.1, 0.15) is 5.82 Å². The second-order valence-corrected chi connectivity index (χ2v) is 6.95. The Morgan fingerprint density at radius 2 is 2.31 bits per heavy atom. The fraction of sp³-hybridized carbons (Fsp3) is 0.368. The summed E-state index contributed by atoms with van der Waals surface area (Å²) in [6.07, 6.45) is 3.13. The van der Waals surface area contributed by atoms with E-state index in [4.69, 9.17) is 15.0 Å². The zero-order valence-corrected chi connectivity index (χ0v) is 14.1. The van der Waals surface area contributed by atoms with Crippen LogP contribution in [-0.4, -0.2) is 51.6 Å². The number of benzene rings is 1. The predicted molar refractivity (Wildman–Crippen MR) is 94.4 cm³/mol. The molecule has 1 N–H and O–H groups in total. The highest BCUT2D eigenvalue weighted by molar-refractivity contribution is 6.02. The molecule has 7 nitrogen and oxygen atoms in total. The Balaban J connectivity index is 1.53. The van der Waals surface area contributed by atoms with Crippen LogP contribution in [0.25, 0.3) is 21.9 Å². The first-order chi connectivity index (χ1) is 12.7. The van der Waals surface area contributed by atoms with Crippen molar-refractivity contribution in [2.24, 2.45) is 0 Å². The van der Waals surface area contributed by atoms with Crippen LogP contribution < -0.4 is 0 Å². The number of nitriles is 1. The average Bonchev–Trinajstić information content (AvgIpc) is 3.39. The van der Waals surface area contributed by atoms with Gasteiger partial charge in [-0.05, 0) is 24.6 Å². The van der Waals surface area contributed by atoms with Crippen molar-refractivity contribution in [3.05, 3.63) is 35.8 Å². The number of rotatable bonds is 2. The number of H-pyrrole nitrogens is 1. The molecule has 2 aliphatic rings. The summed E-state index contributed by atoms with van der Waals surface area (Å²) in [6.45, 7) is 2.02. The summed E-state index contributed by atoms with van der Waals surface area (Å²) in [5.74, 6) is 1.02. The zero-order valence-electron chi connectivity index (χ0n) is 14.1. The van der Waals surface area contributed by atoms with Crippen molar-refractivity contribution in [1.82, 2.24) is 19.9 Å². The Bertz CT molecular complexity index is 1060. The molecular formula is C19H17N5O2. The topological polar surface area (TPSA) is 94.9 Å². The molecule has 0 bridgehead atoms. The van der Waals surface area contributed by atoms with E-state index in [9.17, 15) is 4.79 Å². The number of imidazole rings is 1. The third-order valence-electron chi connectivity index (χ3n) is 5.36. The lowest BCUT2D eigenvalue weighted by Gasteiger charge is -2.22. The van der Waals surface area contributed by atoms with Crippen LogP contribution in [0.4, 0.5) is 0 Å². The molecule has 2 atom stereocenters. The minimum Gasteiger partial charge on any atom is -0.379 e. The summed E-state index contributed by atoms with van der Waals surface area (Å²) in [5, 5.41) is 10.0. The van der Waals surface area contributed by atoms with Crippen molar-refractivity contribution in [3.8, 4) is 6.07 Å². The summed E-state index contributed by atoms with van der Waals surface area (Å²) in [4.78, 5) is 26.9. The molecule has 1 unspecified atom stereocenters. The minimum absolute atomic E-state index is 0.0460. The molecule has 26 heavy (non-hydrogen) atoms. The van der Waals surface area contributed by atoms with E-state index < -0.39 is 0 Å². The summed E-state index contributed by atoms with van der Waals surface area (Å²) < 4.78 is 5.42. The monoisotopic (exact) mass is 347 g/mol. The van der Waals surface area contributed by atoms with E-state index in [1.54, 1.807) is 12.3 Å². The quantitative estimate of drug-likeness (QED) is 0.766. The molecule has 2 aromatic heterocycles. The zero-order chi connectivity index (χ0) is 17.7. The van der Waals surface area contributed by atoms with Gasteiger partial charge in [0, 0.05) is 30.9 Å². The number of aromatic amines is 1. The van der Waals surface area contributed by atoms with E-state index in [1.807, 2.05) is 17.0 Å². The number of carbonyl (C=O) groups is 1. The van der Waals surface area contributed by atoms with Crippen LogP contribution >= 0.6 is 0 Å². The van der Waals surface area contributed by atoms with Gasteiger partial charge < -0.3 is 14.6 Å². The number of hydrogen-bond acceptors (Lipinski definition) is 5. The second kappa shape index (κ2) is 5.78. The van der Waals surface area contributed by atoms with Gasteiger partial charge in [0.25, 0.3) is 0 Å². The Labute approximate surface area is 149 Å². The fourth-order valence-corrected chi connectivity index (χ4v) is 3.98. The van der Waals surface area contributed by atoms with Crippen LogP contribution in [0.5, 0.6) is 0 Å². The van der Waals surface area contributed by atoms with E-state index in [-0.39, 0.29) is 17.9 Å². The number of carbonyl (C=O) groups excluding carboxylic acids is 1. The number of aromatic nitrogens is 3. The van der Waals surface area contributed by atoms with Gasteiger partial charge in [-0.25, -0.2) is 4.98 Å². The second-order valence-electron chi connectivity index (χ2n) is 6.95. The lowest BCUT2D eigenvalue weighted by Crippen LogP contribution is -2.36. The first-order valence-electron chi connectivity index (χ1n) is 8.78. The standard InChI is InChI=1S/C19H17N5O2/c20-7-11-1-2-15-14(5-11)18-16(8-21-15)22-19(23-18)12-6-17(25)24(9-12)13-3-4-26-10-13/h1-2,5,8,12-13H,3-4,6,9-10H2,(H,22,23)/t12?,13-/m0/s1. The van der Waals surface area contributed by atoms with Crippen molar-refractivity contribution in [3.63, 3.8) is 0 Å². The third kappa shape index (κ3) is 2.34. The Morgan fingerprint density at radius 1 is 1.38 bits per heavy atom. The summed E-state index contributed by atoms with van der Waals surface area (Å²) in [7, 11) is 0. The van der Waals surface area contributed by atoms with Crippen LogP contribution in [0, 0.1) is 11.3 Å². The molecule has 2 saturated heterocycles. The maximum atomic E-state index is 12.4. The van der Waals surface area contributed by atoms with E-state index in [0.29, 0.717) is 25.1 Å². The van der Waals surface area contributed by atoms with Gasteiger partial charge in [-0.1, -0.05) is 0 Å². The lowest BCUT2D eigenvalue weighted by atomic mass is 10.1. The summed E-state index contributed by atoms with van der Waals surface area (Å²) in [5.41, 5.74) is 3.02. The average molecular weight is 347 g/mol. The number of hydrogen-bond donors (Lipinski definition) is 1. The number of nitrogens with zero attached hydrogens (tertiary/aromatic N) is 4. The molecule has 5 rings (SSSR count). The van der Waals surface area contributed by atoms with Crippen molar-refractivity contribution >= 4 is 27.8 Å². The third-order valence-corrected chi connectivity index (χ3v) is 5.36. The molecule has 0 spiro atoms. The van der Waals surface area contributed by atoms with E-state index in [0.717, 1.165) is 40.8 Å². The molecule has 130 valence electrons. The molecule has 2 aliphatic heterocycles. The van der Waals surface area contributed by atoms with Crippen LogP contribution in [-0.2, 0) is 9.53 Å². The van der Waals surface area contributed by atoms with E-state index in [1.165, 1.54) is 0 Å². The summed E-state index contributed by atoms with van der Waals surface area (Å²) >= 11 is 0. The first-order valence-corrected chi connectivity index (χ1v) is 8.78. The maximum absolute atomic E-state index is 12.4. The Hall–Kier alpha value is -2.98. The van der Waals surface area contributed by atoms with Gasteiger partial charge in [-0.2, -0.15) is 5.26 Å². The van der Waals surface area contributed by atoms with E-state index in [2.05, 4.69) is 16.0 Å². The van der Waals surface area contributed by atoms with Crippen molar-refractivity contribution in [1.29, 1.82) is 5.26 Å². The molecule has 0 radical (unpaired) electrons. The highest BCUT2D eigenvalue weighted by Gasteiger charge is 2.37. The highest BCUT2D eigenvalue weighted by Crippen LogP contribution is 2.32. The van der Waals surface area contributed by atoms with Crippen LogP contribution in [0.15, 0.2) is 24.4 Å². The minimum atomic E-state index is 0.0460. The molecule has 3 aromatic rings. The number of nitrogens with one attached hydrogen (secondary N) is 1. The molecule has 2 fully saturated rings. The normalized spacial score (nSPS) is 23.2. The number of fused-ring (bicyclic) bond motifs is 3. The van der Waals surface area contributed by atoms with Gasteiger partial charge in [0.15, 0.2) is 0 Å². The molecule has 1 amide bonds. The fourth-order valence-electron chi connectivity index (χ4n) is 3.98. The molecule has 0 aliphatic carbocycles. The van der Waals surface area contributed by atoms with E-state index >= 15 is 0 Å². The highest BCUT2D eigenvalue weighted by atomic mass is 16.5. The first kappa shape index (κ1) is 15.3. The van der Waals surface area contributed by atoms with Gasteiger partial charge in [0.05, 0.1) is 47.0 Å². The smallest absolute Gasteiger partial charge is 0.223 e. The largest absolute Gasteiger partial charge is 0.379 e. The lowest BCUT2D eigenvalue weighted by molar-refractivity contribution is -0.129. The summed E-state index contributed by atoms with van der Waals surface area (Å²) in [6, 6.07) is 7.76. The van der Waals surface area contributed by atoms with Crippen molar-refractivity contribution < 1.29 is 9.53 Å². The van der Waals surface area contributed by atoms with Crippen LogP contribution in [0.3, 0.4) is 0 Å². The molecule has 4 heterocycles. The maximum Gasteiger partial charge on any atom is 0.223 e. The van der Waals surface area contributed by atoms with Crippen molar-refractivity contribution in [2.75, 3.05) is 19.8 Å². The molecule has 0 saturated carbocycles. The Morgan fingerprint density at radius 3 is 3.12 bits per heavy atom.